The number of thioether (sulfide) groups is 1. The van der Waals surface area contributed by atoms with Crippen LogP contribution in [0.5, 0.6) is 0 Å². The molecule has 0 aliphatic carbocycles. The minimum atomic E-state index is -0.112. The Kier molecular flexibility index (Phi) is 5.22. The van der Waals surface area contributed by atoms with Crippen molar-refractivity contribution in [2.24, 2.45) is 0 Å². The van der Waals surface area contributed by atoms with Crippen molar-refractivity contribution in [2.75, 3.05) is 0 Å². The van der Waals surface area contributed by atoms with Gasteiger partial charge >= 0.3 is 0 Å². The molecule has 0 aliphatic heterocycles. The van der Waals surface area contributed by atoms with E-state index in [1.165, 1.54) is 5.56 Å². The molecular formula is C18H23N5OS. The highest BCUT2D eigenvalue weighted by atomic mass is 32.2. The van der Waals surface area contributed by atoms with Crippen molar-refractivity contribution in [3.05, 3.63) is 53.4 Å². The standard InChI is InChI=1S/C18H23N5OS/c1-5-23-14(11-13-9-7-6-8-10-13)20-21-17(23)25-12-15-19-16(22-24-15)18(2,3)4/h6-10H,5,11-12H2,1-4H3. The minimum Gasteiger partial charge on any atom is -0.338 e. The normalized spacial score (nSPS) is 11.8. The summed E-state index contributed by atoms with van der Waals surface area (Å²) in [6.45, 7) is 9.13. The average molecular weight is 357 g/mol. The lowest BCUT2D eigenvalue weighted by Gasteiger charge is -2.10. The van der Waals surface area contributed by atoms with Gasteiger partial charge < -0.3 is 9.09 Å². The molecule has 0 saturated carbocycles. The molecule has 2 aromatic heterocycles. The molecule has 0 atom stereocenters. The Balaban J connectivity index is 1.70. The molecule has 0 bridgehead atoms. The van der Waals surface area contributed by atoms with Crippen LogP contribution in [0.25, 0.3) is 0 Å². The van der Waals surface area contributed by atoms with Gasteiger partial charge in [0.15, 0.2) is 11.0 Å². The number of hydrogen-bond donors (Lipinski definition) is 0. The maximum absolute atomic E-state index is 5.35. The van der Waals surface area contributed by atoms with Gasteiger partial charge in [0.25, 0.3) is 0 Å². The van der Waals surface area contributed by atoms with Gasteiger partial charge in [0.2, 0.25) is 5.89 Å². The molecule has 132 valence electrons. The Labute approximate surface area is 152 Å². The third-order valence-electron chi connectivity index (χ3n) is 3.78. The molecule has 0 saturated heterocycles. The molecule has 0 N–H and O–H groups in total. The molecule has 2 heterocycles. The third-order valence-corrected chi connectivity index (χ3v) is 4.73. The summed E-state index contributed by atoms with van der Waals surface area (Å²) in [7, 11) is 0. The predicted octanol–water partition coefficient (Wildman–Crippen LogP) is 3.86. The number of nitrogens with zero attached hydrogens (tertiary/aromatic N) is 5. The van der Waals surface area contributed by atoms with Crippen LogP contribution >= 0.6 is 11.8 Å². The van der Waals surface area contributed by atoms with Crippen LogP contribution in [0.2, 0.25) is 0 Å². The second kappa shape index (κ2) is 7.39. The van der Waals surface area contributed by atoms with E-state index in [4.69, 9.17) is 4.52 Å². The first kappa shape index (κ1) is 17.7. The van der Waals surface area contributed by atoms with Crippen LogP contribution < -0.4 is 0 Å². The van der Waals surface area contributed by atoms with E-state index in [9.17, 15) is 0 Å². The Hall–Kier alpha value is -2.15. The van der Waals surface area contributed by atoms with E-state index < -0.39 is 0 Å². The molecular weight excluding hydrogens is 334 g/mol. The Morgan fingerprint density at radius 1 is 1.12 bits per heavy atom. The zero-order chi connectivity index (χ0) is 17.9. The van der Waals surface area contributed by atoms with Crippen LogP contribution in [0.4, 0.5) is 0 Å². The fraction of sp³-hybridized carbons (Fsp3) is 0.444. The maximum atomic E-state index is 5.35. The molecule has 0 spiro atoms. The third kappa shape index (κ3) is 4.28. The second-order valence-corrected chi connectivity index (χ2v) is 7.80. The van der Waals surface area contributed by atoms with Crippen LogP contribution in [0.3, 0.4) is 0 Å². The topological polar surface area (TPSA) is 69.6 Å². The molecule has 7 heteroatoms. The van der Waals surface area contributed by atoms with E-state index in [1.807, 2.05) is 18.2 Å². The molecule has 0 fully saturated rings. The van der Waals surface area contributed by atoms with Crippen molar-refractivity contribution in [3.63, 3.8) is 0 Å². The van der Waals surface area contributed by atoms with Crippen LogP contribution in [0.15, 0.2) is 40.0 Å². The summed E-state index contributed by atoms with van der Waals surface area (Å²) in [5.41, 5.74) is 1.12. The van der Waals surface area contributed by atoms with Crippen LogP contribution in [-0.2, 0) is 24.1 Å². The summed E-state index contributed by atoms with van der Waals surface area (Å²) in [6.07, 6.45) is 0.775. The quantitative estimate of drug-likeness (QED) is 0.624. The summed E-state index contributed by atoms with van der Waals surface area (Å²) >= 11 is 1.57. The lowest BCUT2D eigenvalue weighted by molar-refractivity contribution is 0.372. The smallest absolute Gasteiger partial charge is 0.237 e. The number of hydrogen-bond acceptors (Lipinski definition) is 6. The van der Waals surface area contributed by atoms with Gasteiger partial charge in [-0.25, -0.2) is 0 Å². The zero-order valence-electron chi connectivity index (χ0n) is 15.1. The van der Waals surface area contributed by atoms with Crippen LogP contribution in [-0.4, -0.2) is 24.9 Å². The second-order valence-electron chi connectivity index (χ2n) is 6.86. The minimum absolute atomic E-state index is 0.112. The maximum Gasteiger partial charge on any atom is 0.237 e. The lowest BCUT2D eigenvalue weighted by atomic mass is 9.96. The lowest BCUT2D eigenvalue weighted by Crippen LogP contribution is -2.13. The Morgan fingerprint density at radius 2 is 1.88 bits per heavy atom. The van der Waals surface area contributed by atoms with Crippen molar-refractivity contribution in [1.82, 2.24) is 24.9 Å². The van der Waals surface area contributed by atoms with E-state index in [0.29, 0.717) is 11.6 Å². The highest BCUT2D eigenvalue weighted by Crippen LogP contribution is 2.24. The fourth-order valence-electron chi connectivity index (χ4n) is 2.40. The SMILES string of the molecule is CCn1c(Cc2ccccc2)nnc1SCc1nc(C(C)(C)C)no1. The van der Waals surface area contributed by atoms with E-state index in [2.05, 4.69) is 64.7 Å². The first-order chi connectivity index (χ1) is 12.0. The van der Waals surface area contributed by atoms with Crippen molar-refractivity contribution in [2.45, 2.75) is 57.0 Å². The van der Waals surface area contributed by atoms with Gasteiger partial charge in [-0.05, 0) is 12.5 Å². The molecule has 0 aliphatic rings. The van der Waals surface area contributed by atoms with Crippen molar-refractivity contribution >= 4 is 11.8 Å². The van der Waals surface area contributed by atoms with E-state index in [-0.39, 0.29) is 5.41 Å². The van der Waals surface area contributed by atoms with Crippen LogP contribution in [0.1, 0.15) is 50.8 Å². The van der Waals surface area contributed by atoms with Crippen molar-refractivity contribution in [3.8, 4) is 0 Å². The Bertz CT molecular complexity index is 820. The predicted molar refractivity (Wildman–Crippen MR) is 97.5 cm³/mol. The molecule has 0 radical (unpaired) electrons. The van der Waals surface area contributed by atoms with Gasteiger partial charge in [0, 0.05) is 18.4 Å². The van der Waals surface area contributed by atoms with Gasteiger partial charge in [-0.3, -0.25) is 0 Å². The number of aromatic nitrogens is 5. The highest BCUT2D eigenvalue weighted by molar-refractivity contribution is 7.98. The van der Waals surface area contributed by atoms with Gasteiger partial charge in [-0.15, -0.1) is 10.2 Å². The molecule has 3 rings (SSSR count). The van der Waals surface area contributed by atoms with Gasteiger partial charge in [-0.1, -0.05) is 68.0 Å². The van der Waals surface area contributed by atoms with Crippen molar-refractivity contribution < 1.29 is 4.52 Å². The van der Waals surface area contributed by atoms with E-state index in [0.717, 1.165) is 29.8 Å². The molecule has 0 amide bonds. The summed E-state index contributed by atoms with van der Waals surface area (Å²) < 4.78 is 7.49. The molecule has 1 aromatic carbocycles. The average Bonchev–Trinajstić information content (AvgIpc) is 3.20. The highest BCUT2D eigenvalue weighted by Gasteiger charge is 2.21. The molecule has 6 nitrogen and oxygen atoms in total. The van der Waals surface area contributed by atoms with Gasteiger partial charge in [-0.2, -0.15) is 4.98 Å². The summed E-state index contributed by atoms with van der Waals surface area (Å²) in [4.78, 5) is 4.47. The van der Waals surface area contributed by atoms with E-state index >= 15 is 0 Å². The van der Waals surface area contributed by atoms with E-state index in [1.54, 1.807) is 11.8 Å². The van der Waals surface area contributed by atoms with Crippen molar-refractivity contribution in [1.29, 1.82) is 0 Å². The number of benzene rings is 1. The molecule has 3 aromatic rings. The zero-order valence-corrected chi connectivity index (χ0v) is 15.9. The first-order valence-corrected chi connectivity index (χ1v) is 9.38. The van der Waals surface area contributed by atoms with Gasteiger partial charge in [0.05, 0.1) is 5.75 Å². The Morgan fingerprint density at radius 3 is 2.52 bits per heavy atom. The largest absolute Gasteiger partial charge is 0.338 e. The monoisotopic (exact) mass is 357 g/mol. The molecule has 0 unspecified atom stereocenters. The molecule has 25 heavy (non-hydrogen) atoms. The summed E-state index contributed by atoms with van der Waals surface area (Å²) in [5.74, 6) is 2.90. The number of rotatable bonds is 6. The summed E-state index contributed by atoms with van der Waals surface area (Å²) in [6, 6.07) is 10.3. The fourth-order valence-corrected chi connectivity index (χ4v) is 3.26. The van der Waals surface area contributed by atoms with Gasteiger partial charge in [0.1, 0.15) is 5.82 Å². The summed E-state index contributed by atoms with van der Waals surface area (Å²) in [5, 5.41) is 13.6. The van der Waals surface area contributed by atoms with Crippen LogP contribution in [0, 0.1) is 0 Å². The first-order valence-electron chi connectivity index (χ1n) is 8.39.